The summed E-state index contributed by atoms with van der Waals surface area (Å²) in [5, 5.41) is 22.4. The monoisotopic (exact) mass is 288 g/mol. The zero-order valence-corrected chi connectivity index (χ0v) is 11.1. The number of aromatic carboxylic acids is 1. The summed E-state index contributed by atoms with van der Waals surface area (Å²) in [6.07, 6.45) is 0. The van der Waals surface area contributed by atoms with Crippen molar-refractivity contribution in [3.05, 3.63) is 57.4 Å². The molecule has 2 rings (SSSR count). The minimum Gasteiger partial charge on any atom is -0.477 e. The molecule has 0 unspecified atom stereocenters. The number of benzene rings is 1. The van der Waals surface area contributed by atoms with E-state index in [4.69, 9.17) is 5.11 Å². The molecular weight excluding hydrogens is 276 g/mol. The molecule has 0 atom stereocenters. The first kappa shape index (κ1) is 14.4. The van der Waals surface area contributed by atoms with Gasteiger partial charge in [-0.25, -0.2) is 14.8 Å². The van der Waals surface area contributed by atoms with Gasteiger partial charge in [-0.05, 0) is 18.6 Å². The average Bonchev–Trinajstić information content (AvgIpc) is 2.45. The Kier molecular flexibility index (Phi) is 4.07. The van der Waals surface area contributed by atoms with E-state index in [0.717, 1.165) is 5.56 Å². The number of carboxylic acid groups (broad SMARTS) is 1. The molecule has 8 heteroatoms. The number of hydrogen-bond donors (Lipinski definition) is 2. The van der Waals surface area contributed by atoms with Crippen LogP contribution in [0, 0.1) is 17.0 Å². The second-order valence-corrected chi connectivity index (χ2v) is 4.30. The summed E-state index contributed by atoms with van der Waals surface area (Å²) in [5.74, 6) is -0.926. The number of hydrogen-bond acceptors (Lipinski definition) is 6. The van der Waals surface area contributed by atoms with Gasteiger partial charge in [-0.15, -0.1) is 0 Å². The van der Waals surface area contributed by atoms with Crippen molar-refractivity contribution < 1.29 is 14.8 Å². The third-order valence-electron chi connectivity index (χ3n) is 2.67. The molecule has 1 aromatic heterocycles. The van der Waals surface area contributed by atoms with E-state index in [-0.39, 0.29) is 17.3 Å². The van der Waals surface area contributed by atoms with Gasteiger partial charge in [0.05, 0.1) is 4.92 Å². The van der Waals surface area contributed by atoms with Gasteiger partial charge in [-0.1, -0.05) is 12.1 Å². The molecule has 0 spiro atoms. The molecule has 0 fully saturated rings. The predicted octanol–water partition coefficient (Wildman–Crippen LogP) is 2.00. The number of carboxylic acids is 1. The average molecular weight is 288 g/mol. The van der Waals surface area contributed by atoms with Crippen LogP contribution in [-0.2, 0) is 6.54 Å². The molecular formula is C13H12N4O4. The van der Waals surface area contributed by atoms with Gasteiger partial charge in [0.1, 0.15) is 0 Å². The molecule has 0 saturated carbocycles. The van der Waals surface area contributed by atoms with Crippen LogP contribution in [0.2, 0.25) is 0 Å². The minimum atomic E-state index is -1.13. The van der Waals surface area contributed by atoms with Crippen molar-refractivity contribution in [3.8, 4) is 0 Å². The number of rotatable bonds is 5. The number of nitro benzene ring substituents is 1. The smallest absolute Gasteiger partial charge is 0.354 e. The highest BCUT2D eigenvalue weighted by atomic mass is 16.6. The molecule has 0 aliphatic heterocycles. The highest BCUT2D eigenvalue weighted by Gasteiger charge is 2.09. The summed E-state index contributed by atoms with van der Waals surface area (Å²) in [5.41, 5.74) is 1.25. The molecule has 0 amide bonds. The lowest BCUT2D eigenvalue weighted by atomic mass is 10.2. The molecule has 2 N–H and O–H groups in total. The van der Waals surface area contributed by atoms with Crippen molar-refractivity contribution >= 4 is 17.6 Å². The second kappa shape index (κ2) is 5.95. The molecule has 0 radical (unpaired) electrons. The Morgan fingerprint density at radius 2 is 2.00 bits per heavy atom. The van der Waals surface area contributed by atoms with E-state index >= 15 is 0 Å². The summed E-state index contributed by atoms with van der Waals surface area (Å²) in [6, 6.07) is 7.39. The molecule has 0 bridgehead atoms. The number of non-ortho nitro benzene ring substituents is 1. The largest absolute Gasteiger partial charge is 0.477 e. The lowest BCUT2D eigenvalue weighted by molar-refractivity contribution is -0.384. The maximum absolute atomic E-state index is 10.9. The number of aryl methyl sites for hydroxylation is 1. The van der Waals surface area contributed by atoms with E-state index in [9.17, 15) is 14.9 Å². The number of carbonyl (C=O) groups is 1. The molecule has 8 nitrogen and oxygen atoms in total. The minimum absolute atomic E-state index is 0.0127. The molecule has 108 valence electrons. The van der Waals surface area contributed by atoms with Crippen molar-refractivity contribution in [2.75, 3.05) is 5.32 Å². The van der Waals surface area contributed by atoms with Gasteiger partial charge >= 0.3 is 5.97 Å². The summed E-state index contributed by atoms with van der Waals surface area (Å²) < 4.78 is 0. The van der Waals surface area contributed by atoms with E-state index in [2.05, 4.69) is 15.3 Å². The Morgan fingerprint density at radius 1 is 1.33 bits per heavy atom. The number of nitro groups is 1. The maximum Gasteiger partial charge on any atom is 0.354 e. The number of aromatic nitrogens is 2. The van der Waals surface area contributed by atoms with Crippen LogP contribution in [-0.4, -0.2) is 26.0 Å². The first-order valence-electron chi connectivity index (χ1n) is 6.02. The van der Waals surface area contributed by atoms with Gasteiger partial charge in [0, 0.05) is 24.4 Å². The quantitative estimate of drug-likeness (QED) is 0.638. The topological polar surface area (TPSA) is 118 Å². The number of anilines is 1. The Balaban J connectivity index is 2.09. The van der Waals surface area contributed by atoms with Gasteiger partial charge in [-0.3, -0.25) is 10.1 Å². The van der Waals surface area contributed by atoms with Crippen LogP contribution < -0.4 is 5.32 Å². The molecule has 0 aliphatic rings. The van der Waals surface area contributed by atoms with Crippen molar-refractivity contribution in [2.24, 2.45) is 0 Å². The predicted molar refractivity (Wildman–Crippen MR) is 74.2 cm³/mol. The van der Waals surface area contributed by atoms with Crippen LogP contribution in [0.5, 0.6) is 0 Å². The van der Waals surface area contributed by atoms with Gasteiger partial charge in [-0.2, -0.15) is 0 Å². The third kappa shape index (κ3) is 3.72. The molecule has 21 heavy (non-hydrogen) atoms. The first-order chi connectivity index (χ1) is 9.95. The Bertz CT molecular complexity index is 685. The van der Waals surface area contributed by atoms with E-state index in [0.29, 0.717) is 12.2 Å². The maximum atomic E-state index is 10.9. The highest BCUT2D eigenvalue weighted by molar-refractivity contribution is 5.85. The number of nitrogens with zero attached hydrogens (tertiary/aromatic N) is 3. The standard InChI is InChI=1S/C13H12N4O4/c1-8-6-11(12(18)19)16-13(15-8)14-7-9-2-4-10(5-3-9)17(20)21/h2-6H,7H2,1H3,(H,18,19)(H,14,15,16). The summed E-state index contributed by atoms with van der Waals surface area (Å²) in [7, 11) is 0. The zero-order valence-electron chi connectivity index (χ0n) is 11.1. The Labute approximate surface area is 119 Å². The van der Waals surface area contributed by atoms with E-state index < -0.39 is 10.9 Å². The second-order valence-electron chi connectivity index (χ2n) is 4.30. The van der Waals surface area contributed by atoms with Gasteiger partial charge in [0.15, 0.2) is 5.69 Å². The van der Waals surface area contributed by atoms with Crippen LogP contribution in [0.3, 0.4) is 0 Å². The normalized spacial score (nSPS) is 10.1. The highest BCUT2D eigenvalue weighted by Crippen LogP contribution is 2.13. The fraction of sp³-hybridized carbons (Fsp3) is 0.154. The van der Waals surface area contributed by atoms with Crippen LogP contribution in [0.1, 0.15) is 21.7 Å². The lowest BCUT2D eigenvalue weighted by Crippen LogP contribution is -2.09. The SMILES string of the molecule is Cc1cc(C(=O)O)nc(NCc2ccc([N+](=O)[O-])cc2)n1. The third-order valence-corrected chi connectivity index (χ3v) is 2.67. The van der Waals surface area contributed by atoms with E-state index in [1.807, 2.05) is 0 Å². The number of nitrogens with one attached hydrogen (secondary N) is 1. The first-order valence-corrected chi connectivity index (χ1v) is 6.02. The summed E-state index contributed by atoms with van der Waals surface area (Å²) >= 11 is 0. The van der Waals surface area contributed by atoms with Crippen LogP contribution in [0.25, 0.3) is 0 Å². The van der Waals surface area contributed by atoms with Crippen LogP contribution >= 0.6 is 0 Å². The lowest BCUT2D eigenvalue weighted by Gasteiger charge is -2.06. The van der Waals surface area contributed by atoms with Crippen molar-refractivity contribution in [1.29, 1.82) is 0 Å². The molecule has 1 heterocycles. The summed E-state index contributed by atoms with van der Waals surface area (Å²) in [6.45, 7) is 2.01. The van der Waals surface area contributed by atoms with Gasteiger partial charge in [0.25, 0.3) is 5.69 Å². The fourth-order valence-electron chi connectivity index (χ4n) is 1.67. The van der Waals surface area contributed by atoms with Crippen molar-refractivity contribution in [3.63, 3.8) is 0 Å². The van der Waals surface area contributed by atoms with Crippen LogP contribution in [0.4, 0.5) is 11.6 Å². The zero-order chi connectivity index (χ0) is 15.4. The molecule has 2 aromatic rings. The molecule has 0 aliphatic carbocycles. The van der Waals surface area contributed by atoms with Gasteiger partial charge in [0.2, 0.25) is 5.95 Å². The Hall–Kier alpha value is -3.03. The van der Waals surface area contributed by atoms with Gasteiger partial charge < -0.3 is 10.4 Å². The molecule has 1 aromatic carbocycles. The Morgan fingerprint density at radius 3 is 2.57 bits per heavy atom. The molecule has 0 saturated heterocycles. The van der Waals surface area contributed by atoms with E-state index in [1.165, 1.54) is 18.2 Å². The van der Waals surface area contributed by atoms with Crippen molar-refractivity contribution in [1.82, 2.24) is 9.97 Å². The van der Waals surface area contributed by atoms with Crippen molar-refractivity contribution in [2.45, 2.75) is 13.5 Å². The fourth-order valence-corrected chi connectivity index (χ4v) is 1.67. The summed E-state index contributed by atoms with van der Waals surface area (Å²) in [4.78, 5) is 28.9. The van der Waals surface area contributed by atoms with Crippen LogP contribution in [0.15, 0.2) is 30.3 Å². The van der Waals surface area contributed by atoms with E-state index in [1.54, 1.807) is 19.1 Å².